The molecule has 0 bridgehead atoms. The molecule has 8 nitrogen and oxygen atoms in total. The molecule has 1 aromatic carbocycles. The van der Waals surface area contributed by atoms with Crippen LogP contribution in [0, 0.1) is 18.8 Å². The van der Waals surface area contributed by atoms with Crippen LogP contribution in [0.5, 0.6) is 0 Å². The van der Waals surface area contributed by atoms with Crippen molar-refractivity contribution in [3.63, 3.8) is 0 Å². The number of aryl methyl sites for hydroxylation is 1. The highest BCUT2D eigenvalue weighted by atomic mass is 16.5. The van der Waals surface area contributed by atoms with Crippen molar-refractivity contribution in [1.29, 1.82) is 0 Å². The first kappa shape index (κ1) is 40.5. The van der Waals surface area contributed by atoms with E-state index < -0.39 is 5.92 Å². The number of nitrogens with one attached hydrogen (secondary N) is 1. The third kappa shape index (κ3) is 14.1. The van der Waals surface area contributed by atoms with E-state index in [1.807, 2.05) is 43.1 Å². The van der Waals surface area contributed by atoms with Crippen molar-refractivity contribution in [2.45, 2.75) is 130 Å². The molecule has 0 radical (unpaired) electrons. The zero-order valence-corrected chi connectivity index (χ0v) is 31.4. The van der Waals surface area contributed by atoms with E-state index in [-0.39, 0.29) is 37.0 Å². The van der Waals surface area contributed by atoms with Crippen LogP contribution in [0.2, 0.25) is 0 Å². The third-order valence-corrected chi connectivity index (χ3v) is 9.80. The number of allylic oxidation sites excluding steroid dienone is 4. The normalized spacial score (nSPS) is 13.5. The van der Waals surface area contributed by atoms with E-state index in [1.54, 1.807) is 12.7 Å². The number of carbonyl (C=O) groups is 2. The Morgan fingerprint density at radius 3 is 2.34 bits per heavy atom. The monoisotopic (exact) mass is 686 g/mol. The molecule has 0 saturated carbocycles. The van der Waals surface area contributed by atoms with Gasteiger partial charge in [-0.05, 0) is 75.0 Å². The van der Waals surface area contributed by atoms with Crippen LogP contribution in [0.25, 0.3) is 0 Å². The summed E-state index contributed by atoms with van der Waals surface area (Å²) in [6, 6.07) is 6.12. The number of H-pyrrole nitrogens is 1. The molecule has 0 amide bonds. The lowest BCUT2D eigenvalue weighted by molar-refractivity contribution is -0.156. The summed E-state index contributed by atoms with van der Waals surface area (Å²) in [6.45, 7) is 8.80. The van der Waals surface area contributed by atoms with Crippen molar-refractivity contribution in [3.8, 4) is 0 Å². The number of hydrogen-bond acceptors (Lipinski definition) is 6. The first-order valence-electron chi connectivity index (χ1n) is 19.0. The topological polar surface area (TPSA) is 99.1 Å². The summed E-state index contributed by atoms with van der Waals surface area (Å²) in [5.41, 5.74) is 5.27. The number of nitrogens with zero attached hydrogens (tertiary/aromatic N) is 3. The van der Waals surface area contributed by atoms with Crippen LogP contribution < -0.4 is 0 Å². The molecule has 2 unspecified atom stereocenters. The highest BCUT2D eigenvalue weighted by Crippen LogP contribution is 2.28. The summed E-state index contributed by atoms with van der Waals surface area (Å²) in [6.07, 6.45) is 30.3. The molecule has 2 aromatic heterocycles. The van der Waals surface area contributed by atoms with Gasteiger partial charge in [0.05, 0.1) is 25.2 Å². The SMILES string of the molecule is CCCCC/C=C\C/C=C\CCCCCCCC(=O)OCC(Cc1cncn1C)C(CC)C(=O)OCc1cccc([C@H](C)c2cnc[nH]2)c1C. The summed E-state index contributed by atoms with van der Waals surface area (Å²) in [4.78, 5) is 38.0. The van der Waals surface area contributed by atoms with Gasteiger partial charge in [0.15, 0.2) is 0 Å². The van der Waals surface area contributed by atoms with Crippen LogP contribution in [0.4, 0.5) is 0 Å². The second-order valence-corrected chi connectivity index (χ2v) is 13.6. The number of carbonyl (C=O) groups excluding carboxylic acids is 2. The smallest absolute Gasteiger partial charge is 0.309 e. The number of imidazole rings is 2. The van der Waals surface area contributed by atoms with E-state index in [4.69, 9.17) is 9.47 Å². The number of aromatic amines is 1. The standard InChI is InChI=1S/C42H62N4O4/c1-6-8-9-10-11-12-13-14-15-16-17-18-19-20-21-25-41(47)49-30-36(26-37-27-44-32-46(37)5)38(7-2)42(48)50-29-35-23-22-24-39(33(35)3)34(4)40-28-43-31-45-40/h11-12,14-15,22-24,27-28,31-32,34,36,38H,6-10,13,16-21,25-26,29-30H2,1-5H3,(H,43,45)/b12-11-,15-14-/t34-,36?,38?/m0/s1. The first-order valence-corrected chi connectivity index (χ1v) is 19.0. The molecule has 0 spiro atoms. The van der Waals surface area contributed by atoms with Gasteiger partial charge in [-0.25, -0.2) is 9.97 Å². The van der Waals surface area contributed by atoms with Crippen LogP contribution in [-0.4, -0.2) is 38.1 Å². The fourth-order valence-electron chi connectivity index (χ4n) is 6.47. The largest absolute Gasteiger partial charge is 0.465 e. The Bertz CT molecular complexity index is 1440. The van der Waals surface area contributed by atoms with Crippen LogP contribution in [0.3, 0.4) is 0 Å². The van der Waals surface area contributed by atoms with Crippen LogP contribution in [0.1, 0.15) is 138 Å². The lowest BCUT2D eigenvalue weighted by Crippen LogP contribution is -2.31. The highest BCUT2D eigenvalue weighted by molar-refractivity contribution is 5.73. The zero-order chi connectivity index (χ0) is 36.0. The number of hydrogen-bond donors (Lipinski definition) is 1. The summed E-state index contributed by atoms with van der Waals surface area (Å²) in [7, 11) is 1.94. The number of unbranched alkanes of at least 4 members (excludes halogenated alkanes) is 8. The first-order chi connectivity index (χ1) is 24.3. The molecule has 3 atom stereocenters. The molecule has 0 aliphatic carbocycles. The molecule has 1 N–H and O–H groups in total. The minimum atomic E-state index is -0.416. The molecule has 3 aromatic rings. The van der Waals surface area contributed by atoms with Crippen LogP contribution in [0.15, 0.2) is 67.6 Å². The zero-order valence-electron chi connectivity index (χ0n) is 31.4. The molecular formula is C42H62N4O4. The van der Waals surface area contributed by atoms with Gasteiger partial charge in [-0.2, -0.15) is 0 Å². The summed E-state index contributed by atoms with van der Waals surface area (Å²) in [5, 5.41) is 0. The molecule has 274 valence electrons. The Balaban J connectivity index is 1.44. The second kappa shape index (κ2) is 23.5. The predicted molar refractivity (Wildman–Crippen MR) is 202 cm³/mol. The number of esters is 2. The van der Waals surface area contributed by atoms with Crippen molar-refractivity contribution in [2.24, 2.45) is 18.9 Å². The number of rotatable bonds is 25. The van der Waals surface area contributed by atoms with Gasteiger partial charge in [0.2, 0.25) is 0 Å². The van der Waals surface area contributed by atoms with E-state index in [0.29, 0.717) is 19.3 Å². The van der Waals surface area contributed by atoms with E-state index in [1.165, 1.54) is 44.1 Å². The molecular weight excluding hydrogens is 624 g/mol. The molecule has 2 heterocycles. The minimum absolute atomic E-state index is 0.138. The Hall–Kier alpha value is -3.94. The van der Waals surface area contributed by atoms with Gasteiger partial charge >= 0.3 is 11.9 Å². The van der Waals surface area contributed by atoms with Gasteiger partial charge < -0.3 is 19.0 Å². The fraction of sp³-hybridized carbons (Fsp3) is 0.571. The fourth-order valence-corrected chi connectivity index (χ4v) is 6.47. The molecule has 0 aliphatic heterocycles. The molecule has 0 fully saturated rings. The van der Waals surface area contributed by atoms with E-state index in [2.05, 4.69) is 66.1 Å². The van der Waals surface area contributed by atoms with Crippen molar-refractivity contribution in [3.05, 3.63) is 95.6 Å². The van der Waals surface area contributed by atoms with Gasteiger partial charge in [-0.1, -0.05) is 95.4 Å². The highest BCUT2D eigenvalue weighted by Gasteiger charge is 2.31. The number of benzene rings is 1. The average molecular weight is 687 g/mol. The lowest BCUT2D eigenvalue weighted by Gasteiger charge is -2.25. The minimum Gasteiger partial charge on any atom is -0.465 e. The summed E-state index contributed by atoms with van der Waals surface area (Å²) >= 11 is 0. The van der Waals surface area contributed by atoms with Gasteiger partial charge in [0, 0.05) is 49.1 Å². The maximum absolute atomic E-state index is 13.6. The van der Waals surface area contributed by atoms with Crippen molar-refractivity contribution in [1.82, 2.24) is 19.5 Å². The van der Waals surface area contributed by atoms with Gasteiger partial charge in [-0.3, -0.25) is 9.59 Å². The number of aromatic nitrogens is 4. The molecule has 50 heavy (non-hydrogen) atoms. The maximum atomic E-state index is 13.6. The summed E-state index contributed by atoms with van der Waals surface area (Å²) in [5.74, 6) is -0.965. The van der Waals surface area contributed by atoms with E-state index >= 15 is 0 Å². The van der Waals surface area contributed by atoms with Gasteiger partial charge in [0.25, 0.3) is 0 Å². The van der Waals surface area contributed by atoms with E-state index in [0.717, 1.165) is 54.6 Å². The lowest BCUT2D eigenvalue weighted by atomic mass is 9.87. The van der Waals surface area contributed by atoms with Crippen LogP contribution >= 0.6 is 0 Å². The Labute approximate surface area is 301 Å². The Morgan fingerprint density at radius 2 is 1.66 bits per heavy atom. The van der Waals surface area contributed by atoms with Gasteiger partial charge in [-0.15, -0.1) is 0 Å². The second-order valence-electron chi connectivity index (χ2n) is 13.6. The molecule has 0 saturated heterocycles. The quantitative estimate of drug-likeness (QED) is 0.0541. The average Bonchev–Trinajstić information content (AvgIpc) is 3.80. The maximum Gasteiger partial charge on any atom is 0.309 e. The van der Waals surface area contributed by atoms with Crippen molar-refractivity contribution >= 4 is 11.9 Å². The van der Waals surface area contributed by atoms with Crippen molar-refractivity contribution < 1.29 is 19.1 Å². The Morgan fingerprint density at radius 1 is 0.920 bits per heavy atom. The van der Waals surface area contributed by atoms with E-state index in [9.17, 15) is 9.59 Å². The summed E-state index contributed by atoms with van der Waals surface area (Å²) < 4.78 is 13.7. The number of ether oxygens (including phenoxy) is 2. The third-order valence-electron chi connectivity index (χ3n) is 9.80. The molecule has 3 rings (SSSR count). The molecule has 8 heteroatoms. The Kier molecular flexibility index (Phi) is 19.0. The van der Waals surface area contributed by atoms with Crippen LogP contribution in [-0.2, 0) is 39.1 Å². The predicted octanol–water partition coefficient (Wildman–Crippen LogP) is 9.89. The van der Waals surface area contributed by atoms with Gasteiger partial charge in [0.1, 0.15) is 6.61 Å². The molecule has 0 aliphatic rings. The van der Waals surface area contributed by atoms with Crippen molar-refractivity contribution in [2.75, 3.05) is 6.61 Å².